The highest BCUT2D eigenvalue weighted by atomic mass is 35.5. The molecule has 0 atom stereocenters. The summed E-state index contributed by atoms with van der Waals surface area (Å²) in [7, 11) is 1.30. The predicted molar refractivity (Wildman–Crippen MR) is 110 cm³/mol. The predicted octanol–water partition coefficient (Wildman–Crippen LogP) is 4.26. The molecule has 0 spiro atoms. The molecule has 0 aliphatic heterocycles. The number of hydrogen-bond acceptors (Lipinski definition) is 6. The lowest BCUT2D eigenvalue weighted by molar-refractivity contribution is 0.0600. The van der Waals surface area contributed by atoms with Gasteiger partial charge in [0.2, 0.25) is 0 Å². The number of aromatic nitrogens is 3. The molecule has 140 valence electrons. The van der Waals surface area contributed by atoms with Gasteiger partial charge in [-0.1, -0.05) is 23.7 Å². The Labute approximate surface area is 169 Å². The summed E-state index contributed by atoms with van der Waals surface area (Å²) in [5.74, 6) is -0.555. The van der Waals surface area contributed by atoms with Crippen molar-refractivity contribution in [2.24, 2.45) is 0 Å². The molecule has 1 aromatic carbocycles. The van der Waals surface area contributed by atoms with Gasteiger partial charge in [-0.25, -0.2) is 9.78 Å². The quantitative estimate of drug-likeness (QED) is 0.471. The molecule has 0 saturated heterocycles. The number of esters is 1. The van der Waals surface area contributed by atoms with Crippen LogP contribution in [0.15, 0.2) is 52.9 Å². The lowest BCUT2D eigenvalue weighted by Crippen LogP contribution is -2.20. The standard InChI is InChI=1S/C20H14ClN3O3S/c1-11-15(19(26)27-2)16(12-3-5-13(21)6-4-12)17-14(23-11)7-9-24(18(17)25)20-22-8-10-28-20/h3-10H,1-2H3. The normalized spacial score (nSPS) is 11.0. The third kappa shape index (κ3) is 2.98. The van der Waals surface area contributed by atoms with Crippen LogP contribution < -0.4 is 5.56 Å². The third-order valence-corrected chi connectivity index (χ3v) is 5.39. The van der Waals surface area contributed by atoms with Crippen molar-refractivity contribution in [3.05, 3.63) is 74.7 Å². The number of carbonyl (C=O) groups is 1. The van der Waals surface area contributed by atoms with Crippen LogP contribution in [0.4, 0.5) is 0 Å². The maximum atomic E-state index is 13.4. The van der Waals surface area contributed by atoms with E-state index in [9.17, 15) is 9.59 Å². The molecule has 0 bridgehead atoms. The smallest absolute Gasteiger partial charge is 0.340 e. The third-order valence-electron chi connectivity index (χ3n) is 4.37. The van der Waals surface area contributed by atoms with Crippen molar-refractivity contribution in [1.29, 1.82) is 0 Å². The molecule has 0 N–H and O–H groups in total. The minimum Gasteiger partial charge on any atom is -0.465 e. The van der Waals surface area contributed by atoms with E-state index in [1.54, 1.807) is 55.0 Å². The largest absolute Gasteiger partial charge is 0.465 e. The van der Waals surface area contributed by atoms with E-state index in [1.165, 1.54) is 23.0 Å². The Morgan fingerprint density at radius 2 is 1.96 bits per heavy atom. The second-order valence-corrected chi connectivity index (χ2v) is 7.32. The van der Waals surface area contributed by atoms with E-state index in [-0.39, 0.29) is 11.1 Å². The van der Waals surface area contributed by atoms with E-state index >= 15 is 0 Å². The van der Waals surface area contributed by atoms with E-state index in [1.807, 2.05) is 0 Å². The first-order valence-electron chi connectivity index (χ1n) is 8.31. The van der Waals surface area contributed by atoms with Crippen LogP contribution in [0.5, 0.6) is 0 Å². The summed E-state index contributed by atoms with van der Waals surface area (Å²) in [6.07, 6.45) is 3.27. The molecule has 0 saturated carbocycles. The highest BCUT2D eigenvalue weighted by Crippen LogP contribution is 2.32. The highest BCUT2D eigenvalue weighted by molar-refractivity contribution is 7.12. The van der Waals surface area contributed by atoms with Crippen molar-refractivity contribution in [2.45, 2.75) is 6.92 Å². The lowest BCUT2D eigenvalue weighted by atomic mass is 9.95. The van der Waals surface area contributed by atoms with Crippen molar-refractivity contribution < 1.29 is 9.53 Å². The SMILES string of the molecule is COC(=O)c1c(C)nc2ccn(-c3nccs3)c(=O)c2c1-c1ccc(Cl)cc1. The highest BCUT2D eigenvalue weighted by Gasteiger charge is 2.23. The number of thiazole rings is 1. The maximum absolute atomic E-state index is 13.4. The molecular weight excluding hydrogens is 398 g/mol. The number of methoxy groups -OCH3 is 1. The molecule has 0 aliphatic rings. The fourth-order valence-electron chi connectivity index (χ4n) is 3.14. The van der Waals surface area contributed by atoms with E-state index < -0.39 is 5.97 Å². The van der Waals surface area contributed by atoms with Crippen molar-refractivity contribution in [3.8, 4) is 16.3 Å². The van der Waals surface area contributed by atoms with Crippen LogP contribution in [-0.4, -0.2) is 27.6 Å². The summed E-state index contributed by atoms with van der Waals surface area (Å²) in [5.41, 5.74) is 2.07. The van der Waals surface area contributed by atoms with Gasteiger partial charge in [-0.3, -0.25) is 14.3 Å². The molecule has 28 heavy (non-hydrogen) atoms. The van der Waals surface area contributed by atoms with Crippen LogP contribution in [0.25, 0.3) is 27.2 Å². The molecule has 0 unspecified atom stereocenters. The fraction of sp³-hybridized carbons (Fsp3) is 0.100. The van der Waals surface area contributed by atoms with Gasteiger partial charge in [0.25, 0.3) is 5.56 Å². The fourth-order valence-corrected chi connectivity index (χ4v) is 3.89. The summed E-state index contributed by atoms with van der Waals surface area (Å²) in [4.78, 5) is 34.6. The molecule has 3 heterocycles. The number of nitrogens with zero attached hydrogens (tertiary/aromatic N) is 3. The molecule has 3 aromatic heterocycles. The molecule has 0 aliphatic carbocycles. The first-order valence-corrected chi connectivity index (χ1v) is 9.57. The number of fused-ring (bicyclic) bond motifs is 1. The van der Waals surface area contributed by atoms with Crippen molar-refractivity contribution in [3.63, 3.8) is 0 Å². The minimum absolute atomic E-state index is 0.256. The van der Waals surface area contributed by atoms with Crippen LogP contribution in [0.1, 0.15) is 16.1 Å². The Kier molecular flexibility index (Phi) is 4.70. The number of ether oxygens (including phenoxy) is 1. The second-order valence-electron chi connectivity index (χ2n) is 6.01. The Bertz CT molecular complexity index is 1250. The first-order chi connectivity index (χ1) is 13.5. The number of benzene rings is 1. The summed E-state index contributed by atoms with van der Waals surface area (Å²) in [6, 6.07) is 8.70. The maximum Gasteiger partial charge on any atom is 0.340 e. The lowest BCUT2D eigenvalue weighted by Gasteiger charge is -2.15. The van der Waals surface area contributed by atoms with Crippen LogP contribution in [-0.2, 0) is 4.74 Å². The molecule has 0 radical (unpaired) electrons. The summed E-state index contributed by atoms with van der Waals surface area (Å²) >= 11 is 7.37. The average molecular weight is 412 g/mol. The number of halogens is 1. The zero-order chi connectivity index (χ0) is 19.8. The van der Waals surface area contributed by atoms with Crippen LogP contribution in [0.2, 0.25) is 5.02 Å². The summed E-state index contributed by atoms with van der Waals surface area (Å²) in [5, 5.41) is 3.21. The monoisotopic (exact) mass is 411 g/mol. The Morgan fingerprint density at radius 1 is 1.21 bits per heavy atom. The topological polar surface area (TPSA) is 74.1 Å². The van der Waals surface area contributed by atoms with Gasteiger partial charge < -0.3 is 4.74 Å². The van der Waals surface area contributed by atoms with Crippen molar-refractivity contribution >= 4 is 39.8 Å². The van der Waals surface area contributed by atoms with Gasteiger partial charge in [-0.05, 0) is 30.7 Å². The van der Waals surface area contributed by atoms with Gasteiger partial charge in [-0.2, -0.15) is 0 Å². The van der Waals surface area contributed by atoms with Crippen LogP contribution >= 0.6 is 22.9 Å². The second kappa shape index (κ2) is 7.18. The van der Waals surface area contributed by atoms with Crippen molar-refractivity contribution in [2.75, 3.05) is 7.11 Å². The molecular formula is C20H14ClN3O3S. The van der Waals surface area contributed by atoms with Crippen LogP contribution in [0, 0.1) is 6.92 Å². The molecule has 0 fully saturated rings. The zero-order valence-electron chi connectivity index (χ0n) is 15.0. The van der Waals surface area contributed by atoms with Gasteiger partial charge in [0.05, 0.1) is 29.3 Å². The van der Waals surface area contributed by atoms with Crippen molar-refractivity contribution in [1.82, 2.24) is 14.5 Å². The van der Waals surface area contributed by atoms with Gasteiger partial charge >= 0.3 is 5.97 Å². The number of carbonyl (C=O) groups excluding carboxylic acids is 1. The molecule has 0 amide bonds. The number of rotatable bonds is 3. The van der Waals surface area contributed by atoms with Gasteiger partial charge in [0.15, 0.2) is 5.13 Å². The number of aryl methyl sites for hydroxylation is 1. The Morgan fingerprint density at radius 3 is 2.61 bits per heavy atom. The van der Waals surface area contributed by atoms with Gasteiger partial charge in [-0.15, -0.1) is 11.3 Å². The molecule has 6 nitrogen and oxygen atoms in total. The van der Waals surface area contributed by atoms with E-state index in [0.29, 0.717) is 37.9 Å². The first kappa shape index (κ1) is 18.3. The summed E-state index contributed by atoms with van der Waals surface area (Å²) in [6.45, 7) is 1.72. The number of hydrogen-bond donors (Lipinski definition) is 0. The van der Waals surface area contributed by atoms with E-state index in [0.717, 1.165) is 0 Å². The van der Waals surface area contributed by atoms with Crippen LogP contribution in [0.3, 0.4) is 0 Å². The Hall–Kier alpha value is -3.03. The molecule has 4 rings (SSSR count). The summed E-state index contributed by atoms with van der Waals surface area (Å²) < 4.78 is 6.42. The minimum atomic E-state index is -0.555. The molecule has 8 heteroatoms. The zero-order valence-corrected chi connectivity index (χ0v) is 16.5. The average Bonchev–Trinajstić information content (AvgIpc) is 3.22. The van der Waals surface area contributed by atoms with Gasteiger partial charge in [0, 0.05) is 28.4 Å². The Balaban J connectivity index is 2.17. The number of pyridine rings is 2. The van der Waals surface area contributed by atoms with E-state index in [2.05, 4.69) is 9.97 Å². The van der Waals surface area contributed by atoms with E-state index in [4.69, 9.17) is 16.3 Å². The molecule has 4 aromatic rings. The van der Waals surface area contributed by atoms with Gasteiger partial charge in [0.1, 0.15) is 0 Å².